The molecule has 1 aromatic heterocycles. The zero-order valence-corrected chi connectivity index (χ0v) is 10.3. The molecule has 1 atom stereocenters. The Labute approximate surface area is 95.5 Å². The summed E-state index contributed by atoms with van der Waals surface area (Å²) in [5, 5.41) is 14.4. The van der Waals surface area contributed by atoms with E-state index >= 15 is 0 Å². The Balaban J connectivity index is 2.26. The summed E-state index contributed by atoms with van der Waals surface area (Å²) in [6.45, 7) is 4.10. The van der Waals surface area contributed by atoms with Gasteiger partial charge in [0.25, 0.3) is 0 Å². The monoisotopic (exact) mass is 225 g/mol. The Morgan fingerprint density at radius 2 is 2.13 bits per heavy atom. The first-order chi connectivity index (χ1) is 7.15. The highest BCUT2D eigenvalue weighted by Gasteiger charge is 2.39. The predicted octanol–water partition coefficient (Wildman–Crippen LogP) is 2.09. The van der Waals surface area contributed by atoms with Gasteiger partial charge in [0.1, 0.15) is 0 Å². The molecule has 0 bridgehead atoms. The van der Waals surface area contributed by atoms with Crippen molar-refractivity contribution in [3.63, 3.8) is 0 Å². The molecule has 1 saturated heterocycles. The zero-order valence-electron chi connectivity index (χ0n) is 9.44. The molecule has 1 aromatic rings. The van der Waals surface area contributed by atoms with E-state index in [0.717, 1.165) is 25.9 Å². The van der Waals surface area contributed by atoms with E-state index in [-0.39, 0.29) is 11.5 Å². The molecular weight excluding hydrogens is 206 g/mol. The first kappa shape index (κ1) is 11.1. The lowest BCUT2D eigenvalue weighted by Crippen LogP contribution is -2.47. The lowest BCUT2D eigenvalue weighted by molar-refractivity contribution is 0.0488. The van der Waals surface area contributed by atoms with Crippen LogP contribution in [0, 0.1) is 0 Å². The molecule has 2 nitrogen and oxygen atoms in total. The van der Waals surface area contributed by atoms with E-state index in [1.807, 2.05) is 6.92 Å². The number of aliphatic hydroxyl groups is 1. The van der Waals surface area contributed by atoms with Gasteiger partial charge < -0.3 is 10.0 Å². The number of rotatable bonds is 2. The number of thiophene rings is 1. The van der Waals surface area contributed by atoms with Crippen LogP contribution in [0.15, 0.2) is 16.8 Å². The lowest BCUT2D eigenvalue weighted by atomic mass is 9.70. The maximum Gasteiger partial charge on any atom is 0.0609 e. The minimum Gasteiger partial charge on any atom is -0.392 e. The van der Waals surface area contributed by atoms with Gasteiger partial charge in [-0.1, -0.05) is 0 Å². The third-order valence-electron chi connectivity index (χ3n) is 3.78. The highest BCUT2D eigenvalue weighted by atomic mass is 32.1. The van der Waals surface area contributed by atoms with Crippen LogP contribution in [0.25, 0.3) is 0 Å². The third kappa shape index (κ3) is 1.96. The molecule has 1 aliphatic heterocycles. The average Bonchev–Trinajstić information content (AvgIpc) is 2.72. The molecule has 0 spiro atoms. The topological polar surface area (TPSA) is 23.5 Å². The molecule has 0 aliphatic carbocycles. The summed E-state index contributed by atoms with van der Waals surface area (Å²) in [5.41, 5.74) is 1.34. The van der Waals surface area contributed by atoms with Gasteiger partial charge in [-0.2, -0.15) is 11.3 Å². The van der Waals surface area contributed by atoms with Crippen molar-refractivity contribution < 1.29 is 5.11 Å². The quantitative estimate of drug-likeness (QED) is 0.833. The van der Waals surface area contributed by atoms with Crippen LogP contribution in [0.1, 0.15) is 25.3 Å². The molecule has 0 amide bonds. The number of hydrogen-bond donors (Lipinski definition) is 1. The van der Waals surface area contributed by atoms with Gasteiger partial charge in [-0.05, 0) is 62.3 Å². The van der Waals surface area contributed by atoms with Gasteiger partial charge in [0.05, 0.1) is 6.10 Å². The summed E-state index contributed by atoms with van der Waals surface area (Å²) < 4.78 is 0. The smallest absolute Gasteiger partial charge is 0.0609 e. The molecule has 1 unspecified atom stereocenters. The van der Waals surface area contributed by atoms with E-state index < -0.39 is 0 Å². The van der Waals surface area contributed by atoms with Gasteiger partial charge in [-0.15, -0.1) is 0 Å². The maximum absolute atomic E-state index is 10.1. The largest absolute Gasteiger partial charge is 0.392 e. The average molecular weight is 225 g/mol. The van der Waals surface area contributed by atoms with Crippen LogP contribution in [0.5, 0.6) is 0 Å². The van der Waals surface area contributed by atoms with E-state index in [1.54, 1.807) is 11.3 Å². The number of likely N-dealkylation sites (tertiary alicyclic amines) is 1. The van der Waals surface area contributed by atoms with Crippen LogP contribution < -0.4 is 0 Å². The van der Waals surface area contributed by atoms with Crippen LogP contribution in [0.4, 0.5) is 0 Å². The highest BCUT2D eigenvalue weighted by molar-refractivity contribution is 7.08. The van der Waals surface area contributed by atoms with E-state index in [1.165, 1.54) is 5.56 Å². The molecule has 1 aliphatic rings. The number of nitrogens with zero attached hydrogens (tertiary/aromatic N) is 1. The summed E-state index contributed by atoms with van der Waals surface area (Å²) in [7, 11) is 2.15. The second-order valence-electron chi connectivity index (χ2n) is 4.65. The van der Waals surface area contributed by atoms with E-state index in [2.05, 4.69) is 28.8 Å². The highest BCUT2D eigenvalue weighted by Crippen LogP contribution is 2.39. The van der Waals surface area contributed by atoms with E-state index in [0.29, 0.717) is 0 Å². The molecule has 84 valence electrons. The Morgan fingerprint density at radius 1 is 1.47 bits per heavy atom. The van der Waals surface area contributed by atoms with E-state index in [4.69, 9.17) is 0 Å². The van der Waals surface area contributed by atoms with Crippen LogP contribution in [-0.4, -0.2) is 36.2 Å². The summed E-state index contributed by atoms with van der Waals surface area (Å²) in [5.74, 6) is 0. The van der Waals surface area contributed by atoms with Crippen molar-refractivity contribution in [3.8, 4) is 0 Å². The van der Waals surface area contributed by atoms with Gasteiger partial charge in [-0.3, -0.25) is 0 Å². The summed E-state index contributed by atoms with van der Waals surface area (Å²) in [4.78, 5) is 2.34. The Bertz CT molecular complexity index is 299. The summed E-state index contributed by atoms with van der Waals surface area (Å²) in [6, 6.07) is 2.17. The molecule has 15 heavy (non-hydrogen) atoms. The zero-order chi connectivity index (χ0) is 10.9. The third-order valence-corrected chi connectivity index (χ3v) is 4.46. The van der Waals surface area contributed by atoms with Crippen molar-refractivity contribution in [2.75, 3.05) is 20.1 Å². The second-order valence-corrected chi connectivity index (χ2v) is 5.43. The molecule has 0 aromatic carbocycles. The normalized spacial score (nSPS) is 23.9. The minimum absolute atomic E-state index is 0.00646. The molecule has 3 heteroatoms. The maximum atomic E-state index is 10.1. The molecule has 1 N–H and O–H groups in total. The Morgan fingerprint density at radius 3 is 2.60 bits per heavy atom. The molecule has 2 heterocycles. The van der Waals surface area contributed by atoms with Crippen LogP contribution in [0.2, 0.25) is 0 Å². The SMILES string of the molecule is CC(O)C1(c2ccsc2)CCN(C)CC1. The molecule has 0 radical (unpaired) electrons. The van der Waals surface area contributed by atoms with Crippen molar-refractivity contribution in [2.45, 2.75) is 31.3 Å². The van der Waals surface area contributed by atoms with Crippen molar-refractivity contribution in [2.24, 2.45) is 0 Å². The number of aliphatic hydroxyl groups excluding tert-OH is 1. The number of piperidine rings is 1. The van der Waals surface area contributed by atoms with Crippen LogP contribution in [0.3, 0.4) is 0 Å². The van der Waals surface area contributed by atoms with Gasteiger partial charge in [0, 0.05) is 5.41 Å². The minimum atomic E-state index is -0.249. The van der Waals surface area contributed by atoms with E-state index in [9.17, 15) is 5.11 Å². The standard InChI is InChI=1S/C12H19NOS/c1-10(14)12(11-3-8-15-9-11)4-6-13(2)7-5-12/h3,8-10,14H,4-7H2,1-2H3. The lowest BCUT2D eigenvalue weighted by Gasteiger charge is -2.42. The fraction of sp³-hybridized carbons (Fsp3) is 0.667. The first-order valence-electron chi connectivity index (χ1n) is 5.54. The molecule has 2 rings (SSSR count). The fourth-order valence-corrected chi connectivity index (χ4v) is 3.28. The molecule has 1 fully saturated rings. The van der Waals surface area contributed by atoms with Crippen molar-refractivity contribution in [1.29, 1.82) is 0 Å². The second kappa shape index (κ2) is 4.24. The van der Waals surface area contributed by atoms with Gasteiger partial charge >= 0.3 is 0 Å². The van der Waals surface area contributed by atoms with Crippen molar-refractivity contribution in [1.82, 2.24) is 4.90 Å². The summed E-state index contributed by atoms with van der Waals surface area (Å²) >= 11 is 1.73. The molecular formula is C12H19NOS. The Kier molecular flexibility index (Phi) is 3.14. The summed E-state index contributed by atoms with van der Waals surface area (Å²) in [6.07, 6.45) is 1.89. The predicted molar refractivity (Wildman–Crippen MR) is 64.4 cm³/mol. The van der Waals surface area contributed by atoms with Crippen LogP contribution in [-0.2, 0) is 5.41 Å². The van der Waals surface area contributed by atoms with Gasteiger partial charge in [0.15, 0.2) is 0 Å². The van der Waals surface area contributed by atoms with Crippen LogP contribution >= 0.6 is 11.3 Å². The van der Waals surface area contributed by atoms with Gasteiger partial charge in [0.2, 0.25) is 0 Å². The van der Waals surface area contributed by atoms with Gasteiger partial charge in [-0.25, -0.2) is 0 Å². The Hall–Kier alpha value is -0.380. The van der Waals surface area contributed by atoms with Crippen molar-refractivity contribution in [3.05, 3.63) is 22.4 Å². The fourth-order valence-electron chi connectivity index (χ4n) is 2.51. The van der Waals surface area contributed by atoms with Crippen molar-refractivity contribution >= 4 is 11.3 Å². The molecule has 0 saturated carbocycles. The number of hydrogen-bond acceptors (Lipinski definition) is 3. The first-order valence-corrected chi connectivity index (χ1v) is 6.49.